The smallest absolute Gasteiger partial charge is 0.0574 e. The Morgan fingerprint density at radius 2 is 2.22 bits per heavy atom. The summed E-state index contributed by atoms with van der Waals surface area (Å²) in [6, 6.07) is 0. The van der Waals surface area contributed by atoms with E-state index < -0.39 is 0 Å². The van der Waals surface area contributed by atoms with Gasteiger partial charge >= 0.3 is 0 Å². The SMILES string of the molecule is C/C=C(\C)CC(O)CC. The van der Waals surface area contributed by atoms with Gasteiger partial charge in [-0.15, -0.1) is 0 Å². The van der Waals surface area contributed by atoms with Crippen molar-refractivity contribution in [3.63, 3.8) is 0 Å². The Hall–Kier alpha value is -0.300. The molecule has 0 radical (unpaired) electrons. The lowest BCUT2D eigenvalue weighted by atomic mass is 10.1. The van der Waals surface area contributed by atoms with Gasteiger partial charge in [-0.25, -0.2) is 0 Å². The molecule has 0 aromatic rings. The van der Waals surface area contributed by atoms with Crippen molar-refractivity contribution in [3.8, 4) is 0 Å². The summed E-state index contributed by atoms with van der Waals surface area (Å²) in [6.45, 7) is 6.03. The van der Waals surface area contributed by atoms with Crippen LogP contribution in [0.4, 0.5) is 0 Å². The van der Waals surface area contributed by atoms with Crippen LogP contribution in [0.25, 0.3) is 0 Å². The summed E-state index contributed by atoms with van der Waals surface area (Å²) < 4.78 is 0. The molecule has 1 atom stereocenters. The topological polar surface area (TPSA) is 20.2 Å². The van der Waals surface area contributed by atoms with Crippen LogP contribution in [-0.2, 0) is 0 Å². The predicted octanol–water partition coefficient (Wildman–Crippen LogP) is 2.11. The normalized spacial score (nSPS) is 15.8. The highest BCUT2D eigenvalue weighted by molar-refractivity contribution is 4.96. The van der Waals surface area contributed by atoms with Gasteiger partial charge < -0.3 is 5.11 Å². The summed E-state index contributed by atoms with van der Waals surface area (Å²) in [5, 5.41) is 9.12. The molecule has 0 aliphatic rings. The van der Waals surface area contributed by atoms with E-state index in [9.17, 15) is 0 Å². The van der Waals surface area contributed by atoms with Gasteiger partial charge in [0.25, 0.3) is 0 Å². The van der Waals surface area contributed by atoms with Crippen molar-refractivity contribution >= 4 is 0 Å². The summed E-state index contributed by atoms with van der Waals surface area (Å²) in [5.41, 5.74) is 1.27. The highest BCUT2D eigenvalue weighted by atomic mass is 16.3. The van der Waals surface area contributed by atoms with Crippen LogP contribution in [0.15, 0.2) is 11.6 Å². The van der Waals surface area contributed by atoms with Crippen molar-refractivity contribution in [2.45, 2.75) is 39.7 Å². The Balaban J connectivity index is 3.47. The molecule has 1 heteroatoms. The van der Waals surface area contributed by atoms with Crippen molar-refractivity contribution in [1.29, 1.82) is 0 Å². The van der Waals surface area contributed by atoms with Crippen molar-refractivity contribution in [3.05, 3.63) is 11.6 Å². The third-order valence-electron chi connectivity index (χ3n) is 1.52. The number of hydrogen-bond acceptors (Lipinski definition) is 1. The first-order valence-electron chi connectivity index (χ1n) is 3.50. The molecular formula is C8H16O. The first kappa shape index (κ1) is 8.70. The highest BCUT2D eigenvalue weighted by Gasteiger charge is 1.98. The van der Waals surface area contributed by atoms with Crippen LogP contribution in [0, 0.1) is 0 Å². The maximum atomic E-state index is 9.12. The highest BCUT2D eigenvalue weighted by Crippen LogP contribution is 2.05. The van der Waals surface area contributed by atoms with Crippen LogP contribution in [0.2, 0.25) is 0 Å². The van der Waals surface area contributed by atoms with Crippen LogP contribution in [0.3, 0.4) is 0 Å². The molecule has 0 spiro atoms. The van der Waals surface area contributed by atoms with E-state index in [0.29, 0.717) is 0 Å². The molecule has 0 saturated carbocycles. The van der Waals surface area contributed by atoms with Crippen LogP contribution in [0.5, 0.6) is 0 Å². The Kier molecular flexibility index (Phi) is 4.41. The quantitative estimate of drug-likeness (QED) is 0.577. The standard InChI is InChI=1S/C8H16O/c1-4-7(3)6-8(9)5-2/h4,8-9H,5-6H2,1-3H3/b7-4+. The van der Waals surface area contributed by atoms with Gasteiger partial charge in [-0.05, 0) is 26.7 Å². The fraction of sp³-hybridized carbons (Fsp3) is 0.750. The van der Waals surface area contributed by atoms with Gasteiger partial charge in [-0.1, -0.05) is 18.6 Å². The number of hydrogen-bond donors (Lipinski definition) is 1. The first-order chi connectivity index (χ1) is 4.20. The molecule has 0 bridgehead atoms. The summed E-state index contributed by atoms with van der Waals surface area (Å²) >= 11 is 0. The van der Waals surface area contributed by atoms with E-state index >= 15 is 0 Å². The molecule has 9 heavy (non-hydrogen) atoms. The molecule has 0 aliphatic carbocycles. The van der Waals surface area contributed by atoms with Crippen molar-refractivity contribution < 1.29 is 5.11 Å². The lowest BCUT2D eigenvalue weighted by Gasteiger charge is -2.05. The molecule has 0 amide bonds. The monoisotopic (exact) mass is 128 g/mol. The molecule has 0 rings (SSSR count). The van der Waals surface area contributed by atoms with Crippen molar-refractivity contribution in [2.75, 3.05) is 0 Å². The molecule has 1 unspecified atom stereocenters. The lowest BCUT2D eigenvalue weighted by Crippen LogP contribution is -2.03. The van der Waals surface area contributed by atoms with E-state index in [1.165, 1.54) is 5.57 Å². The van der Waals surface area contributed by atoms with E-state index in [1.807, 2.05) is 26.8 Å². The minimum Gasteiger partial charge on any atom is -0.393 e. The van der Waals surface area contributed by atoms with Crippen molar-refractivity contribution in [2.24, 2.45) is 0 Å². The van der Waals surface area contributed by atoms with Gasteiger partial charge in [0.05, 0.1) is 6.10 Å². The summed E-state index contributed by atoms with van der Waals surface area (Å²) in [6.07, 6.45) is 3.58. The Morgan fingerprint density at radius 1 is 1.67 bits per heavy atom. The number of aliphatic hydroxyl groups is 1. The van der Waals surface area contributed by atoms with Gasteiger partial charge in [0.15, 0.2) is 0 Å². The number of allylic oxidation sites excluding steroid dienone is 1. The summed E-state index contributed by atoms with van der Waals surface area (Å²) in [4.78, 5) is 0. The van der Waals surface area contributed by atoms with E-state index in [2.05, 4.69) is 0 Å². The van der Waals surface area contributed by atoms with Gasteiger partial charge in [0.1, 0.15) is 0 Å². The largest absolute Gasteiger partial charge is 0.393 e. The van der Waals surface area contributed by atoms with Gasteiger partial charge in [-0.3, -0.25) is 0 Å². The van der Waals surface area contributed by atoms with Gasteiger partial charge in [0, 0.05) is 0 Å². The molecule has 54 valence electrons. The van der Waals surface area contributed by atoms with E-state index in [0.717, 1.165) is 12.8 Å². The maximum absolute atomic E-state index is 9.12. The zero-order valence-corrected chi connectivity index (χ0v) is 6.52. The van der Waals surface area contributed by atoms with E-state index in [4.69, 9.17) is 5.11 Å². The second-order valence-electron chi connectivity index (χ2n) is 2.40. The molecule has 0 aliphatic heterocycles. The minimum atomic E-state index is -0.138. The molecule has 1 N–H and O–H groups in total. The van der Waals surface area contributed by atoms with E-state index in [1.54, 1.807) is 0 Å². The number of aliphatic hydroxyl groups excluding tert-OH is 1. The summed E-state index contributed by atoms with van der Waals surface area (Å²) in [7, 11) is 0. The maximum Gasteiger partial charge on any atom is 0.0574 e. The van der Waals surface area contributed by atoms with E-state index in [-0.39, 0.29) is 6.10 Å². The summed E-state index contributed by atoms with van der Waals surface area (Å²) in [5.74, 6) is 0. The second-order valence-corrected chi connectivity index (χ2v) is 2.40. The zero-order chi connectivity index (χ0) is 7.28. The Morgan fingerprint density at radius 3 is 2.56 bits per heavy atom. The minimum absolute atomic E-state index is 0.138. The van der Waals surface area contributed by atoms with Gasteiger partial charge in [0.2, 0.25) is 0 Å². The molecule has 0 heterocycles. The fourth-order valence-electron chi connectivity index (χ4n) is 0.634. The molecule has 0 aromatic heterocycles. The van der Waals surface area contributed by atoms with Crippen molar-refractivity contribution in [1.82, 2.24) is 0 Å². The Labute approximate surface area is 57.4 Å². The number of rotatable bonds is 3. The lowest BCUT2D eigenvalue weighted by molar-refractivity contribution is 0.170. The average molecular weight is 128 g/mol. The predicted molar refractivity (Wildman–Crippen MR) is 40.3 cm³/mol. The van der Waals surface area contributed by atoms with Crippen LogP contribution in [0.1, 0.15) is 33.6 Å². The molecular weight excluding hydrogens is 112 g/mol. The van der Waals surface area contributed by atoms with Crippen LogP contribution < -0.4 is 0 Å². The molecule has 0 fully saturated rings. The zero-order valence-electron chi connectivity index (χ0n) is 6.52. The van der Waals surface area contributed by atoms with Crippen LogP contribution >= 0.6 is 0 Å². The first-order valence-corrected chi connectivity index (χ1v) is 3.50. The van der Waals surface area contributed by atoms with Gasteiger partial charge in [-0.2, -0.15) is 0 Å². The third kappa shape index (κ3) is 4.22. The fourth-order valence-corrected chi connectivity index (χ4v) is 0.634. The molecule has 0 saturated heterocycles. The average Bonchev–Trinajstić information content (AvgIpc) is 1.87. The molecule has 1 nitrogen and oxygen atoms in total. The van der Waals surface area contributed by atoms with Crippen LogP contribution in [-0.4, -0.2) is 11.2 Å². The Bertz CT molecular complexity index is 94.7. The third-order valence-corrected chi connectivity index (χ3v) is 1.52. The molecule has 0 aromatic carbocycles. The second kappa shape index (κ2) is 4.57.